The Morgan fingerprint density at radius 3 is 2.43 bits per heavy atom. The minimum absolute atomic E-state index is 0.0457. The highest BCUT2D eigenvalue weighted by molar-refractivity contribution is 6.32. The standard InChI is InChI=1S/C19H20Cl2F3N3O3/c1-11-16(21)17(19(22,23)24)25-27(11)15(10-28)26-7-5-18(29,6-8-26)12-3-4-13(20)14(9-12)30-2/h3-4,9-10,15,29H,5-8H2,1-2H3. The number of nitrogens with zero attached hydrogens (tertiary/aromatic N) is 3. The number of likely N-dealkylation sites (tertiary alicyclic amines) is 1. The third-order valence-corrected chi connectivity index (χ3v) is 6.17. The maximum Gasteiger partial charge on any atom is 0.436 e. The summed E-state index contributed by atoms with van der Waals surface area (Å²) in [4.78, 5) is 13.4. The number of aliphatic hydroxyl groups is 1. The maximum atomic E-state index is 13.1. The lowest BCUT2D eigenvalue weighted by Crippen LogP contribution is -2.46. The van der Waals surface area contributed by atoms with Crippen LogP contribution in [0.2, 0.25) is 10.0 Å². The zero-order chi connectivity index (χ0) is 22.3. The van der Waals surface area contributed by atoms with Crippen LogP contribution < -0.4 is 4.74 Å². The normalized spacial score (nSPS) is 18.3. The molecule has 6 nitrogen and oxygen atoms in total. The second-order valence-corrected chi connectivity index (χ2v) is 7.94. The number of hydrogen-bond donors (Lipinski definition) is 1. The predicted molar refractivity (Wildman–Crippen MR) is 105 cm³/mol. The van der Waals surface area contributed by atoms with Gasteiger partial charge in [-0.05, 0) is 37.5 Å². The Morgan fingerprint density at radius 1 is 1.30 bits per heavy atom. The molecular formula is C19H20Cl2F3N3O3. The van der Waals surface area contributed by atoms with Crippen molar-refractivity contribution in [1.82, 2.24) is 14.7 Å². The molecule has 1 N–H and O–H groups in total. The van der Waals surface area contributed by atoms with E-state index in [0.29, 0.717) is 22.6 Å². The molecule has 1 atom stereocenters. The first-order valence-electron chi connectivity index (χ1n) is 9.09. The fourth-order valence-corrected chi connectivity index (χ4v) is 4.06. The molecule has 1 aromatic carbocycles. The van der Waals surface area contributed by atoms with Crippen LogP contribution in [0, 0.1) is 6.92 Å². The number of hydrogen-bond acceptors (Lipinski definition) is 5. The SMILES string of the molecule is COc1cc(C2(O)CCN(C(C=O)n3nc(C(F)(F)F)c(Cl)c3C)CC2)ccc1Cl. The third-order valence-electron chi connectivity index (χ3n) is 5.41. The van der Waals surface area contributed by atoms with Gasteiger partial charge in [-0.25, -0.2) is 4.68 Å². The van der Waals surface area contributed by atoms with Crippen LogP contribution >= 0.6 is 23.2 Å². The highest BCUT2D eigenvalue weighted by Crippen LogP contribution is 2.39. The molecule has 2 heterocycles. The number of benzene rings is 1. The van der Waals surface area contributed by atoms with E-state index in [-0.39, 0.29) is 31.6 Å². The van der Waals surface area contributed by atoms with Crippen LogP contribution in [0.15, 0.2) is 18.2 Å². The molecule has 1 saturated heterocycles. The van der Waals surface area contributed by atoms with Crippen molar-refractivity contribution in [1.29, 1.82) is 0 Å². The van der Waals surface area contributed by atoms with Crippen molar-refractivity contribution in [3.05, 3.63) is 45.2 Å². The Morgan fingerprint density at radius 2 is 1.93 bits per heavy atom. The first-order chi connectivity index (χ1) is 14.0. The Labute approximate surface area is 181 Å². The van der Waals surface area contributed by atoms with Gasteiger partial charge in [-0.2, -0.15) is 18.3 Å². The average molecular weight is 466 g/mol. The summed E-state index contributed by atoms with van der Waals surface area (Å²) in [5.74, 6) is 0.428. The summed E-state index contributed by atoms with van der Waals surface area (Å²) < 4.78 is 45.5. The van der Waals surface area contributed by atoms with Gasteiger partial charge < -0.3 is 9.84 Å². The fraction of sp³-hybridized carbons (Fsp3) is 0.474. The Hall–Kier alpha value is -1.81. The van der Waals surface area contributed by atoms with Crippen molar-refractivity contribution in [2.75, 3.05) is 20.2 Å². The molecule has 0 radical (unpaired) electrons. The van der Waals surface area contributed by atoms with E-state index >= 15 is 0 Å². The topological polar surface area (TPSA) is 67.6 Å². The van der Waals surface area contributed by atoms with Crippen LogP contribution in [0.25, 0.3) is 0 Å². The molecule has 0 aliphatic carbocycles. The first kappa shape index (κ1) is 22.9. The fourth-order valence-electron chi connectivity index (χ4n) is 3.63. The summed E-state index contributed by atoms with van der Waals surface area (Å²) in [6, 6.07) is 4.98. The Balaban J connectivity index is 1.82. The second kappa shape index (κ2) is 8.37. The number of methoxy groups -OCH3 is 1. The Bertz CT molecular complexity index is 941. The number of alkyl halides is 3. The summed E-state index contributed by atoms with van der Waals surface area (Å²) in [5, 5.41) is 14.5. The van der Waals surface area contributed by atoms with E-state index in [9.17, 15) is 23.1 Å². The summed E-state index contributed by atoms with van der Waals surface area (Å²) >= 11 is 11.8. The van der Waals surface area contributed by atoms with E-state index in [1.54, 1.807) is 23.1 Å². The molecule has 1 aliphatic rings. The van der Waals surface area contributed by atoms with Crippen molar-refractivity contribution in [2.45, 2.75) is 37.7 Å². The lowest BCUT2D eigenvalue weighted by Gasteiger charge is -2.40. The summed E-state index contributed by atoms with van der Waals surface area (Å²) in [5.41, 5.74) is -1.75. The van der Waals surface area contributed by atoms with Gasteiger partial charge in [0.25, 0.3) is 0 Å². The number of piperidine rings is 1. The van der Waals surface area contributed by atoms with Gasteiger partial charge in [-0.1, -0.05) is 29.3 Å². The number of rotatable bonds is 5. The van der Waals surface area contributed by atoms with Crippen LogP contribution in [0.1, 0.15) is 36.0 Å². The molecule has 3 rings (SSSR count). The second-order valence-electron chi connectivity index (χ2n) is 7.16. The summed E-state index contributed by atoms with van der Waals surface area (Å²) in [6.07, 6.45) is -4.77. The molecule has 1 aromatic heterocycles. The molecular weight excluding hydrogens is 446 g/mol. The highest BCUT2D eigenvalue weighted by atomic mass is 35.5. The minimum Gasteiger partial charge on any atom is -0.495 e. The molecule has 1 unspecified atom stereocenters. The zero-order valence-corrected chi connectivity index (χ0v) is 17.7. The van der Waals surface area contributed by atoms with E-state index in [0.717, 1.165) is 4.68 Å². The number of aromatic nitrogens is 2. The molecule has 0 spiro atoms. The number of carbonyl (C=O) groups excluding carboxylic acids is 1. The molecule has 11 heteroatoms. The summed E-state index contributed by atoms with van der Waals surface area (Å²) in [6.45, 7) is 1.88. The smallest absolute Gasteiger partial charge is 0.436 e. The van der Waals surface area contributed by atoms with Crippen LogP contribution in [0.3, 0.4) is 0 Å². The van der Waals surface area contributed by atoms with Crippen molar-refractivity contribution >= 4 is 29.5 Å². The van der Waals surface area contributed by atoms with Gasteiger partial charge in [0.1, 0.15) is 5.75 Å². The van der Waals surface area contributed by atoms with E-state index in [4.69, 9.17) is 27.9 Å². The van der Waals surface area contributed by atoms with E-state index in [1.807, 2.05) is 0 Å². The Kier molecular flexibility index (Phi) is 6.38. The zero-order valence-electron chi connectivity index (χ0n) is 16.2. The first-order valence-corrected chi connectivity index (χ1v) is 9.85. The van der Waals surface area contributed by atoms with E-state index < -0.39 is 28.7 Å². The van der Waals surface area contributed by atoms with E-state index in [2.05, 4.69) is 5.10 Å². The van der Waals surface area contributed by atoms with Gasteiger partial charge in [-0.15, -0.1) is 0 Å². The highest BCUT2D eigenvalue weighted by Gasteiger charge is 2.41. The monoisotopic (exact) mass is 465 g/mol. The van der Waals surface area contributed by atoms with Crippen LogP contribution in [-0.4, -0.2) is 46.3 Å². The quantitative estimate of drug-likeness (QED) is 0.669. The molecule has 30 heavy (non-hydrogen) atoms. The molecule has 0 bridgehead atoms. The molecule has 2 aromatic rings. The van der Waals surface area contributed by atoms with Gasteiger partial charge in [0.05, 0.1) is 28.5 Å². The lowest BCUT2D eigenvalue weighted by atomic mass is 9.84. The number of ether oxygens (including phenoxy) is 1. The minimum atomic E-state index is -4.73. The van der Waals surface area contributed by atoms with Crippen molar-refractivity contribution in [2.24, 2.45) is 0 Å². The van der Waals surface area contributed by atoms with Gasteiger partial charge >= 0.3 is 6.18 Å². The predicted octanol–water partition coefficient (Wildman–Crippen LogP) is 4.21. The van der Waals surface area contributed by atoms with Crippen molar-refractivity contribution in [3.8, 4) is 5.75 Å². The average Bonchev–Trinajstić information content (AvgIpc) is 3.00. The molecule has 164 valence electrons. The van der Waals surface area contributed by atoms with Gasteiger partial charge in [0.2, 0.25) is 0 Å². The molecule has 0 amide bonds. The largest absolute Gasteiger partial charge is 0.495 e. The van der Waals surface area contributed by atoms with Gasteiger partial charge in [0, 0.05) is 13.1 Å². The molecule has 1 aliphatic heterocycles. The van der Waals surface area contributed by atoms with Gasteiger partial charge in [0.15, 0.2) is 18.1 Å². The number of aldehydes is 1. The molecule has 1 fully saturated rings. The van der Waals surface area contributed by atoms with Gasteiger partial charge in [-0.3, -0.25) is 9.69 Å². The number of halogens is 5. The van der Waals surface area contributed by atoms with Crippen molar-refractivity contribution < 1.29 is 27.8 Å². The van der Waals surface area contributed by atoms with E-state index in [1.165, 1.54) is 14.0 Å². The van der Waals surface area contributed by atoms with Crippen molar-refractivity contribution in [3.63, 3.8) is 0 Å². The lowest BCUT2D eigenvalue weighted by molar-refractivity contribution is -0.142. The summed E-state index contributed by atoms with van der Waals surface area (Å²) in [7, 11) is 1.47. The maximum absolute atomic E-state index is 13.1. The molecule has 0 saturated carbocycles. The third kappa shape index (κ3) is 4.16. The number of carbonyl (C=O) groups is 1. The van der Waals surface area contributed by atoms with Crippen LogP contribution in [-0.2, 0) is 16.6 Å². The van der Waals surface area contributed by atoms with Crippen LogP contribution in [0.4, 0.5) is 13.2 Å². The van der Waals surface area contributed by atoms with Crippen LogP contribution in [0.5, 0.6) is 5.75 Å².